The number of nitrogens with one attached hydrogen (secondary N) is 2. The van der Waals surface area contributed by atoms with Gasteiger partial charge in [0.25, 0.3) is 11.8 Å². The first-order chi connectivity index (χ1) is 17.0. The molecule has 35 heavy (non-hydrogen) atoms. The predicted molar refractivity (Wildman–Crippen MR) is 141 cm³/mol. The summed E-state index contributed by atoms with van der Waals surface area (Å²) in [6.45, 7) is 12.3. The van der Waals surface area contributed by atoms with Crippen molar-refractivity contribution in [2.24, 2.45) is 0 Å². The summed E-state index contributed by atoms with van der Waals surface area (Å²) in [7, 11) is 0. The van der Waals surface area contributed by atoms with Crippen LogP contribution in [-0.4, -0.2) is 65.9 Å². The number of fused-ring (bicyclic) bond motifs is 2. The number of pyridine rings is 1. The fraction of sp³-hybridized carbons (Fsp3) is 0.393. The highest BCUT2D eigenvalue weighted by atomic mass is 16.2. The van der Waals surface area contributed by atoms with Gasteiger partial charge in [0, 0.05) is 60.5 Å². The number of rotatable bonds is 9. The summed E-state index contributed by atoms with van der Waals surface area (Å²) < 4.78 is 0. The monoisotopic (exact) mass is 473 g/mol. The van der Waals surface area contributed by atoms with Crippen LogP contribution in [0.3, 0.4) is 0 Å². The van der Waals surface area contributed by atoms with Crippen LogP contribution in [0.1, 0.15) is 52.7 Å². The Hall–Kier alpha value is -3.29. The molecule has 2 aromatic carbocycles. The summed E-state index contributed by atoms with van der Waals surface area (Å²) in [5, 5.41) is 6.88. The van der Waals surface area contributed by atoms with Gasteiger partial charge < -0.3 is 15.5 Å². The summed E-state index contributed by atoms with van der Waals surface area (Å²) >= 11 is 0. The number of carbonyl (C=O) groups is 2. The maximum Gasteiger partial charge on any atom is 0.256 e. The molecule has 0 saturated heterocycles. The molecule has 0 saturated carbocycles. The Bertz CT molecular complexity index is 1190. The van der Waals surface area contributed by atoms with Crippen LogP contribution in [-0.2, 0) is 13.0 Å². The molecule has 0 spiro atoms. The topological polar surface area (TPSA) is 77.6 Å². The lowest BCUT2D eigenvalue weighted by molar-refractivity contribution is 0.0948. The van der Waals surface area contributed by atoms with E-state index >= 15 is 0 Å². The fourth-order valence-electron chi connectivity index (χ4n) is 4.64. The average molecular weight is 474 g/mol. The number of amides is 2. The number of hydrogen-bond acceptors (Lipinski definition) is 5. The molecule has 1 aliphatic rings. The Kier molecular flexibility index (Phi) is 8.10. The van der Waals surface area contributed by atoms with Gasteiger partial charge in [0.05, 0.1) is 11.1 Å². The number of anilines is 1. The van der Waals surface area contributed by atoms with Crippen molar-refractivity contribution in [1.82, 2.24) is 20.1 Å². The van der Waals surface area contributed by atoms with Gasteiger partial charge in [0.15, 0.2) is 0 Å². The first-order valence-corrected chi connectivity index (χ1v) is 12.6. The zero-order valence-corrected chi connectivity index (χ0v) is 20.9. The molecule has 1 aromatic heterocycles. The van der Waals surface area contributed by atoms with E-state index in [9.17, 15) is 9.59 Å². The van der Waals surface area contributed by atoms with Crippen molar-refractivity contribution in [3.05, 3.63) is 70.9 Å². The smallest absolute Gasteiger partial charge is 0.256 e. The van der Waals surface area contributed by atoms with Crippen molar-refractivity contribution in [2.45, 2.75) is 33.7 Å². The molecule has 0 unspecified atom stereocenters. The summed E-state index contributed by atoms with van der Waals surface area (Å²) in [5.41, 5.74) is 4.80. The number of carbonyl (C=O) groups excluding carboxylic acids is 2. The van der Waals surface area contributed by atoms with Crippen LogP contribution in [0, 0.1) is 0 Å². The maximum absolute atomic E-state index is 13.5. The quantitative estimate of drug-likeness (QED) is 0.492. The summed E-state index contributed by atoms with van der Waals surface area (Å²) in [6, 6.07) is 14.9. The molecule has 0 fully saturated rings. The van der Waals surface area contributed by atoms with E-state index in [1.54, 1.807) is 24.3 Å². The van der Waals surface area contributed by atoms with E-state index < -0.39 is 0 Å². The van der Waals surface area contributed by atoms with Crippen molar-refractivity contribution < 1.29 is 9.59 Å². The zero-order valence-electron chi connectivity index (χ0n) is 20.9. The number of likely N-dealkylation sites (N-methyl/N-ethyl adjacent to an activating group) is 2. The third-order valence-electron chi connectivity index (χ3n) is 6.81. The number of hydrogen-bond donors (Lipinski definition) is 2. The summed E-state index contributed by atoms with van der Waals surface area (Å²) in [5.74, 6) is -0.252. The summed E-state index contributed by atoms with van der Waals surface area (Å²) in [4.78, 5) is 35.5. The van der Waals surface area contributed by atoms with Gasteiger partial charge in [-0.1, -0.05) is 39.0 Å². The molecular formula is C28H35N5O2. The zero-order chi connectivity index (χ0) is 24.8. The Morgan fingerprint density at radius 3 is 2.46 bits per heavy atom. The molecule has 0 atom stereocenters. The highest BCUT2D eigenvalue weighted by molar-refractivity contribution is 6.13. The molecule has 2 N–H and O–H groups in total. The van der Waals surface area contributed by atoms with E-state index in [0.29, 0.717) is 23.4 Å². The summed E-state index contributed by atoms with van der Waals surface area (Å²) in [6.07, 6.45) is 0.840. The Morgan fingerprint density at radius 1 is 1.00 bits per heavy atom. The lowest BCUT2D eigenvalue weighted by Crippen LogP contribution is -2.34. The van der Waals surface area contributed by atoms with Crippen LogP contribution >= 0.6 is 0 Å². The van der Waals surface area contributed by atoms with Gasteiger partial charge in [-0.3, -0.25) is 19.5 Å². The van der Waals surface area contributed by atoms with E-state index in [1.165, 1.54) is 0 Å². The highest BCUT2D eigenvalue weighted by Crippen LogP contribution is 2.29. The van der Waals surface area contributed by atoms with Gasteiger partial charge in [-0.25, -0.2) is 0 Å². The Labute approximate surface area is 207 Å². The van der Waals surface area contributed by atoms with E-state index in [1.807, 2.05) is 24.3 Å². The Morgan fingerprint density at radius 2 is 1.74 bits per heavy atom. The molecular weight excluding hydrogens is 438 g/mol. The third kappa shape index (κ3) is 5.69. The van der Waals surface area contributed by atoms with Crippen molar-refractivity contribution in [3.8, 4) is 0 Å². The number of para-hydroxylation sites is 1. The van der Waals surface area contributed by atoms with Crippen LogP contribution in [0.2, 0.25) is 0 Å². The molecule has 0 bridgehead atoms. The van der Waals surface area contributed by atoms with Crippen LogP contribution in [0.25, 0.3) is 10.9 Å². The normalized spacial score (nSPS) is 13.6. The van der Waals surface area contributed by atoms with E-state index in [2.05, 4.69) is 41.2 Å². The standard InChI is InChI=1S/C28H35N5O2/c1-4-32(5-2)18-16-29-27(34)20-11-13-21(14-12-20)30-28(35)26-22-9-7-8-10-24(22)31-25-15-17-33(6-3)19-23(25)26/h7-14H,4-6,15-19H2,1-3H3,(H,29,34)(H,30,35). The van der Waals surface area contributed by atoms with E-state index in [0.717, 1.165) is 67.8 Å². The number of nitrogens with zero attached hydrogens (tertiary/aromatic N) is 3. The van der Waals surface area contributed by atoms with Crippen LogP contribution in [0.4, 0.5) is 5.69 Å². The van der Waals surface area contributed by atoms with E-state index in [-0.39, 0.29) is 11.8 Å². The Balaban J connectivity index is 1.50. The third-order valence-corrected chi connectivity index (χ3v) is 6.81. The fourth-order valence-corrected chi connectivity index (χ4v) is 4.64. The second-order valence-corrected chi connectivity index (χ2v) is 8.86. The maximum atomic E-state index is 13.5. The second kappa shape index (κ2) is 11.4. The minimum absolute atomic E-state index is 0.108. The van der Waals surface area contributed by atoms with Gasteiger partial charge in [0.1, 0.15) is 0 Å². The van der Waals surface area contributed by atoms with Crippen molar-refractivity contribution in [1.29, 1.82) is 0 Å². The minimum atomic E-state index is -0.144. The van der Waals surface area contributed by atoms with Crippen LogP contribution in [0.15, 0.2) is 48.5 Å². The first kappa shape index (κ1) is 24.8. The van der Waals surface area contributed by atoms with Gasteiger partial charge in [-0.15, -0.1) is 0 Å². The highest BCUT2D eigenvalue weighted by Gasteiger charge is 2.25. The molecule has 3 aromatic rings. The van der Waals surface area contributed by atoms with Gasteiger partial charge in [-0.2, -0.15) is 0 Å². The van der Waals surface area contributed by atoms with Gasteiger partial charge in [-0.05, 0) is 50.0 Å². The molecule has 4 rings (SSSR count). The molecule has 7 heteroatoms. The van der Waals surface area contributed by atoms with Crippen LogP contribution < -0.4 is 10.6 Å². The molecule has 2 amide bonds. The van der Waals surface area contributed by atoms with Gasteiger partial charge in [0.2, 0.25) is 0 Å². The van der Waals surface area contributed by atoms with Crippen LogP contribution in [0.5, 0.6) is 0 Å². The largest absolute Gasteiger partial charge is 0.351 e. The number of aromatic nitrogens is 1. The first-order valence-electron chi connectivity index (χ1n) is 12.6. The molecule has 1 aliphatic heterocycles. The average Bonchev–Trinajstić information content (AvgIpc) is 2.89. The predicted octanol–water partition coefficient (Wildman–Crippen LogP) is 3.94. The minimum Gasteiger partial charge on any atom is -0.351 e. The van der Waals surface area contributed by atoms with Crippen molar-refractivity contribution in [2.75, 3.05) is 44.6 Å². The van der Waals surface area contributed by atoms with Gasteiger partial charge >= 0.3 is 0 Å². The molecule has 0 aliphatic carbocycles. The van der Waals surface area contributed by atoms with Crippen molar-refractivity contribution >= 4 is 28.4 Å². The van der Waals surface area contributed by atoms with Crippen molar-refractivity contribution in [3.63, 3.8) is 0 Å². The molecule has 2 heterocycles. The van der Waals surface area contributed by atoms with E-state index in [4.69, 9.17) is 4.98 Å². The second-order valence-electron chi connectivity index (χ2n) is 8.86. The molecule has 184 valence electrons. The number of benzene rings is 2. The SMILES string of the molecule is CCN(CC)CCNC(=O)c1ccc(NC(=O)c2c3c(nc4ccccc24)CCN(CC)C3)cc1. The lowest BCUT2D eigenvalue weighted by atomic mass is 9.95. The molecule has 7 nitrogen and oxygen atoms in total. The molecule has 0 radical (unpaired) electrons. The lowest BCUT2D eigenvalue weighted by Gasteiger charge is -2.29.